The van der Waals surface area contributed by atoms with Crippen LogP contribution in [-0.2, 0) is 17.8 Å². The SMILES string of the molecule is Cc1nnc2ccc(N3CC(CNc4cc5c(nn4)CCOC5)C3)nn12. The van der Waals surface area contributed by atoms with E-state index in [0.717, 1.165) is 67.0 Å². The fourth-order valence-corrected chi connectivity index (χ4v) is 3.42. The van der Waals surface area contributed by atoms with Crippen LogP contribution in [0.2, 0.25) is 0 Å². The second-order valence-electron chi connectivity index (χ2n) is 6.86. The van der Waals surface area contributed by atoms with Crippen LogP contribution in [0.25, 0.3) is 5.65 Å². The normalized spacial score (nSPS) is 17.2. The second kappa shape index (κ2) is 6.17. The minimum absolute atomic E-state index is 0.559. The van der Waals surface area contributed by atoms with Crippen molar-refractivity contribution in [3.05, 3.63) is 35.3 Å². The molecule has 3 aromatic heterocycles. The molecule has 0 atom stereocenters. The number of fused-ring (bicyclic) bond motifs is 2. The van der Waals surface area contributed by atoms with Crippen LogP contribution in [0.1, 0.15) is 17.1 Å². The maximum Gasteiger partial charge on any atom is 0.178 e. The molecule has 9 nitrogen and oxygen atoms in total. The third kappa shape index (κ3) is 2.74. The van der Waals surface area contributed by atoms with E-state index in [1.807, 2.05) is 19.1 Å². The Morgan fingerprint density at radius 2 is 2.12 bits per heavy atom. The summed E-state index contributed by atoms with van der Waals surface area (Å²) in [6.45, 7) is 6.08. The van der Waals surface area contributed by atoms with Crippen LogP contribution >= 0.6 is 0 Å². The first-order valence-electron chi connectivity index (χ1n) is 8.87. The van der Waals surface area contributed by atoms with Crippen molar-refractivity contribution in [3.63, 3.8) is 0 Å². The van der Waals surface area contributed by atoms with Crippen LogP contribution in [0.5, 0.6) is 0 Å². The number of aromatic nitrogens is 6. The molecular formula is C17H20N8O. The van der Waals surface area contributed by atoms with Gasteiger partial charge in [-0.05, 0) is 25.1 Å². The van der Waals surface area contributed by atoms with Gasteiger partial charge in [0, 0.05) is 37.5 Å². The molecule has 134 valence electrons. The lowest BCUT2D eigenvalue weighted by molar-refractivity contribution is 0.109. The second-order valence-corrected chi connectivity index (χ2v) is 6.86. The van der Waals surface area contributed by atoms with Crippen LogP contribution in [0.3, 0.4) is 0 Å². The van der Waals surface area contributed by atoms with E-state index in [1.165, 1.54) is 0 Å². The molecule has 2 aliphatic heterocycles. The van der Waals surface area contributed by atoms with Gasteiger partial charge in [-0.25, -0.2) is 0 Å². The zero-order valence-electron chi connectivity index (χ0n) is 14.6. The largest absolute Gasteiger partial charge is 0.376 e. The quantitative estimate of drug-likeness (QED) is 0.738. The van der Waals surface area contributed by atoms with Crippen molar-refractivity contribution in [2.24, 2.45) is 5.92 Å². The number of rotatable bonds is 4. The molecule has 3 aromatic rings. The minimum atomic E-state index is 0.559. The average molecular weight is 352 g/mol. The molecule has 0 unspecified atom stereocenters. The summed E-state index contributed by atoms with van der Waals surface area (Å²) in [6, 6.07) is 6.02. The van der Waals surface area contributed by atoms with E-state index in [-0.39, 0.29) is 0 Å². The van der Waals surface area contributed by atoms with Crippen molar-refractivity contribution in [2.45, 2.75) is 20.0 Å². The van der Waals surface area contributed by atoms with Gasteiger partial charge in [-0.2, -0.15) is 9.61 Å². The first-order chi connectivity index (χ1) is 12.8. The fraction of sp³-hybridized carbons (Fsp3) is 0.471. The van der Waals surface area contributed by atoms with Crippen molar-refractivity contribution >= 4 is 17.3 Å². The van der Waals surface area contributed by atoms with Crippen LogP contribution in [-0.4, -0.2) is 56.2 Å². The van der Waals surface area contributed by atoms with Crippen LogP contribution < -0.4 is 10.2 Å². The number of aryl methyl sites for hydroxylation is 1. The van der Waals surface area contributed by atoms with Crippen LogP contribution in [0.4, 0.5) is 11.6 Å². The van der Waals surface area contributed by atoms with Crippen molar-refractivity contribution in [2.75, 3.05) is 36.5 Å². The highest BCUT2D eigenvalue weighted by Crippen LogP contribution is 2.23. The van der Waals surface area contributed by atoms with Gasteiger partial charge in [0.15, 0.2) is 11.5 Å². The van der Waals surface area contributed by atoms with Crippen molar-refractivity contribution < 1.29 is 4.74 Å². The number of ether oxygens (including phenoxy) is 1. The molecule has 2 aliphatic rings. The van der Waals surface area contributed by atoms with Gasteiger partial charge < -0.3 is 15.0 Å². The third-order valence-corrected chi connectivity index (χ3v) is 4.96. The number of hydrogen-bond acceptors (Lipinski definition) is 8. The van der Waals surface area contributed by atoms with Gasteiger partial charge in [-0.3, -0.25) is 0 Å². The molecule has 0 bridgehead atoms. The maximum absolute atomic E-state index is 5.48. The molecule has 1 N–H and O–H groups in total. The molecule has 0 aromatic carbocycles. The van der Waals surface area contributed by atoms with Crippen molar-refractivity contribution in [3.8, 4) is 0 Å². The average Bonchev–Trinajstić information content (AvgIpc) is 3.01. The van der Waals surface area contributed by atoms with Gasteiger partial charge >= 0.3 is 0 Å². The molecule has 0 spiro atoms. The van der Waals surface area contributed by atoms with Gasteiger partial charge in [-0.1, -0.05) is 0 Å². The summed E-state index contributed by atoms with van der Waals surface area (Å²) in [7, 11) is 0. The Bertz CT molecular complexity index is 949. The molecule has 0 saturated carbocycles. The Balaban J connectivity index is 1.18. The number of nitrogens with one attached hydrogen (secondary N) is 1. The molecule has 1 saturated heterocycles. The summed E-state index contributed by atoms with van der Waals surface area (Å²) in [5.41, 5.74) is 2.98. The van der Waals surface area contributed by atoms with Gasteiger partial charge in [0.25, 0.3) is 0 Å². The lowest BCUT2D eigenvalue weighted by Crippen LogP contribution is -2.50. The molecule has 0 radical (unpaired) electrons. The molecule has 0 amide bonds. The van der Waals surface area contributed by atoms with E-state index in [9.17, 15) is 0 Å². The Morgan fingerprint density at radius 1 is 1.19 bits per heavy atom. The summed E-state index contributed by atoms with van der Waals surface area (Å²) < 4.78 is 7.27. The van der Waals surface area contributed by atoms with E-state index in [1.54, 1.807) is 4.52 Å². The molecule has 1 fully saturated rings. The lowest BCUT2D eigenvalue weighted by atomic mass is 10.0. The predicted octanol–water partition coefficient (Wildman–Crippen LogP) is 0.844. The minimum Gasteiger partial charge on any atom is -0.376 e. The summed E-state index contributed by atoms with van der Waals surface area (Å²) >= 11 is 0. The van der Waals surface area contributed by atoms with E-state index in [2.05, 4.69) is 41.8 Å². The highest BCUT2D eigenvalue weighted by atomic mass is 16.5. The third-order valence-electron chi connectivity index (χ3n) is 4.96. The Kier molecular flexibility index (Phi) is 3.66. The van der Waals surface area contributed by atoms with Gasteiger partial charge in [0.05, 0.1) is 18.9 Å². The monoisotopic (exact) mass is 352 g/mol. The van der Waals surface area contributed by atoms with Gasteiger partial charge in [0.2, 0.25) is 0 Å². The van der Waals surface area contributed by atoms with E-state index >= 15 is 0 Å². The summed E-state index contributed by atoms with van der Waals surface area (Å²) in [5.74, 6) is 3.15. The highest BCUT2D eigenvalue weighted by molar-refractivity contribution is 5.48. The first kappa shape index (κ1) is 15.4. The smallest absolute Gasteiger partial charge is 0.178 e. The summed E-state index contributed by atoms with van der Waals surface area (Å²) in [4.78, 5) is 2.26. The standard InChI is InChI=1S/C17H20N8O/c1-11-19-22-16-2-3-17(23-25(11)16)24-8-12(9-24)7-18-15-6-13-10-26-5-4-14(13)20-21-15/h2-3,6,12H,4-5,7-10H2,1H3,(H,18,21). The number of nitrogens with zero attached hydrogens (tertiary/aromatic N) is 7. The Morgan fingerprint density at radius 3 is 3.04 bits per heavy atom. The topological polar surface area (TPSA) is 93.4 Å². The molecule has 9 heteroatoms. The fourth-order valence-electron chi connectivity index (χ4n) is 3.42. The lowest BCUT2D eigenvalue weighted by Gasteiger charge is -2.40. The van der Waals surface area contributed by atoms with Gasteiger partial charge in [0.1, 0.15) is 11.6 Å². The van der Waals surface area contributed by atoms with Gasteiger partial charge in [-0.15, -0.1) is 20.4 Å². The van der Waals surface area contributed by atoms with Crippen molar-refractivity contribution in [1.29, 1.82) is 0 Å². The zero-order valence-corrected chi connectivity index (χ0v) is 14.6. The van der Waals surface area contributed by atoms with E-state index in [0.29, 0.717) is 12.5 Å². The molecule has 5 rings (SSSR count). The molecule has 0 aliphatic carbocycles. The number of anilines is 2. The maximum atomic E-state index is 5.48. The Hall–Kier alpha value is -2.81. The Labute approximate surface area is 150 Å². The van der Waals surface area contributed by atoms with E-state index < -0.39 is 0 Å². The predicted molar refractivity (Wildman–Crippen MR) is 95.1 cm³/mol. The van der Waals surface area contributed by atoms with E-state index in [4.69, 9.17) is 4.74 Å². The number of hydrogen-bond donors (Lipinski definition) is 1. The summed E-state index contributed by atoms with van der Waals surface area (Å²) in [6.07, 6.45) is 0.851. The highest BCUT2D eigenvalue weighted by Gasteiger charge is 2.28. The molecule has 26 heavy (non-hydrogen) atoms. The summed E-state index contributed by atoms with van der Waals surface area (Å²) in [5, 5.41) is 24.7. The van der Waals surface area contributed by atoms with Crippen molar-refractivity contribution in [1.82, 2.24) is 30.0 Å². The molecule has 5 heterocycles. The van der Waals surface area contributed by atoms with Crippen LogP contribution in [0, 0.1) is 12.8 Å². The molecular weight excluding hydrogens is 332 g/mol. The zero-order chi connectivity index (χ0) is 17.5. The van der Waals surface area contributed by atoms with Crippen LogP contribution in [0.15, 0.2) is 18.2 Å². The first-order valence-corrected chi connectivity index (χ1v) is 8.87.